The Morgan fingerprint density at radius 1 is 0.783 bits per heavy atom. The van der Waals surface area contributed by atoms with Crippen molar-refractivity contribution in [2.45, 2.75) is 6.42 Å². The number of rotatable bonds is 5. The Kier molecular flexibility index (Phi) is 4.48. The lowest BCUT2D eigenvalue weighted by Gasteiger charge is -2.07. The minimum Gasteiger partial charge on any atom is -0.457 e. The molecule has 0 amide bonds. The first-order chi connectivity index (χ1) is 11.2. The normalized spacial score (nSPS) is 10.3. The van der Waals surface area contributed by atoms with Gasteiger partial charge in [-0.3, -0.25) is 4.79 Å². The number of carbonyl (C=O) groups is 1. The van der Waals surface area contributed by atoms with Gasteiger partial charge in [0.15, 0.2) is 5.78 Å². The lowest BCUT2D eigenvalue weighted by Crippen LogP contribution is -2.03. The number of Topliss-reactive ketones (excluding diaryl/α,β-unsaturated/α-hetero) is 1. The molecule has 0 heterocycles. The zero-order valence-corrected chi connectivity index (χ0v) is 12.4. The van der Waals surface area contributed by atoms with E-state index in [1.54, 1.807) is 36.4 Å². The fraction of sp³-hybridized carbons (Fsp3) is 0.0500. The lowest BCUT2D eigenvalue weighted by atomic mass is 10.0. The summed E-state index contributed by atoms with van der Waals surface area (Å²) >= 11 is 0. The average molecular weight is 306 g/mol. The SMILES string of the molecule is O=C(Cc1ccccc1)c1ccc(Oc2ccc(F)cc2)cc1. The topological polar surface area (TPSA) is 26.3 Å². The molecule has 3 aromatic carbocycles. The summed E-state index contributed by atoms with van der Waals surface area (Å²) in [6.45, 7) is 0. The maximum atomic E-state index is 12.9. The molecule has 114 valence electrons. The number of ether oxygens (including phenoxy) is 1. The van der Waals surface area contributed by atoms with Crippen LogP contribution in [0.5, 0.6) is 11.5 Å². The highest BCUT2D eigenvalue weighted by Gasteiger charge is 2.07. The second kappa shape index (κ2) is 6.88. The van der Waals surface area contributed by atoms with Crippen LogP contribution in [0.4, 0.5) is 4.39 Å². The maximum Gasteiger partial charge on any atom is 0.167 e. The van der Waals surface area contributed by atoms with Gasteiger partial charge in [0.25, 0.3) is 0 Å². The zero-order valence-electron chi connectivity index (χ0n) is 12.4. The minimum absolute atomic E-state index is 0.0598. The second-order valence-corrected chi connectivity index (χ2v) is 5.17. The zero-order chi connectivity index (χ0) is 16.1. The van der Waals surface area contributed by atoms with E-state index in [1.807, 2.05) is 30.3 Å². The molecule has 0 spiro atoms. The number of hydrogen-bond acceptors (Lipinski definition) is 2. The van der Waals surface area contributed by atoms with Gasteiger partial charge in [-0.05, 0) is 54.1 Å². The minimum atomic E-state index is -0.306. The first-order valence-electron chi connectivity index (χ1n) is 7.31. The summed E-state index contributed by atoms with van der Waals surface area (Å²) in [5.41, 5.74) is 1.63. The largest absolute Gasteiger partial charge is 0.457 e. The van der Waals surface area contributed by atoms with Gasteiger partial charge in [-0.15, -0.1) is 0 Å². The maximum absolute atomic E-state index is 12.9. The van der Waals surface area contributed by atoms with Crippen LogP contribution in [0, 0.1) is 5.82 Å². The molecule has 0 bridgehead atoms. The Bertz CT molecular complexity index is 778. The molecule has 0 aliphatic rings. The summed E-state index contributed by atoms with van der Waals surface area (Å²) in [6.07, 6.45) is 0.374. The fourth-order valence-corrected chi connectivity index (χ4v) is 2.23. The number of hydrogen-bond donors (Lipinski definition) is 0. The number of carbonyl (C=O) groups excluding carboxylic acids is 1. The highest BCUT2D eigenvalue weighted by Crippen LogP contribution is 2.22. The van der Waals surface area contributed by atoms with Crippen molar-refractivity contribution in [3.8, 4) is 11.5 Å². The molecule has 0 N–H and O–H groups in total. The van der Waals surface area contributed by atoms with Gasteiger partial charge < -0.3 is 4.74 Å². The average Bonchev–Trinajstić information content (AvgIpc) is 2.58. The second-order valence-electron chi connectivity index (χ2n) is 5.17. The Morgan fingerprint density at radius 2 is 1.35 bits per heavy atom. The van der Waals surface area contributed by atoms with E-state index in [9.17, 15) is 9.18 Å². The molecule has 0 aromatic heterocycles. The summed E-state index contributed by atoms with van der Waals surface area (Å²) < 4.78 is 18.5. The fourth-order valence-electron chi connectivity index (χ4n) is 2.23. The smallest absolute Gasteiger partial charge is 0.167 e. The van der Waals surface area contributed by atoms with E-state index in [4.69, 9.17) is 4.74 Å². The van der Waals surface area contributed by atoms with Crippen LogP contribution in [0.25, 0.3) is 0 Å². The van der Waals surface area contributed by atoms with Crippen molar-refractivity contribution in [2.24, 2.45) is 0 Å². The molecule has 2 nitrogen and oxygen atoms in total. The highest BCUT2D eigenvalue weighted by molar-refractivity contribution is 5.97. The molecule has 3 rings (SSSR count). The van der Waals surface area contributed by atoms with Crippen molar-refractivity contribution in [3.63, 3.8) is 0 Å². The number of halogens is 1. The van der Waals surface area contributed by atoms with Gasteiger partial charge in [0, 0.05) is 12.0 Å². The van der Waals surface area contributed by atoms with Gasteiger partial charge in [0.05, 0.1) is 0 Å². The van der Waals surface area contributed by atoms with Gasteiger partial charge >= 0.3 is 0 Å². The van der Waals surface area contributed by atoms with Gasteiger partial charge in [-0.1, -0.05) is 30.3 Å². The van der Waals surface area contributed by atoms with E-state index < -0.39 is 0 Å². The van der Waals surface area contributed by atoms with Crippen molar-refractivity contribution in [3.05, 3.63) is 95.8 Å². The van der Waals surface area contributed by atoms with E-state index in [0.29, 0.717) is 23.5 Å². The van der Waals surface area contributed by atoms with Crippen molar-refractivity contribution >= 4 is 5.78 Å². The summed E-state index contributed by atoms with van der Waals surface area (Å²) in [4.78, 5) is 12.2. The van der Waals surface area contributed by atoms with Crippen molar-refractivity contribution < 1.29 is 13.9 Å². The molecule has 23 heavy (non-hydrogen) atoms. The van der Waals surface area contributed by atoms with Gasteiger partial charge in [-0.25, -0.2) is 4.39 Å². The van der Waals surface area contributed by atoms with E-state index in [2.05, 4.69) is 0 Å². The van der Waals surface area contributed by atoms with E-state index in [1.165, 1.54) is 12.1 Å². The van der Waals surface area contributed by atoms with E-state index in [0.717, 1.165) is 5.56 Å². The highest BCUT2D eigenvalue weighted by atomic mass is 19.1. The Morgan fingerprint density at radius 3 is 1.96 bits per heavy atom. The van der Waals surface area contributed by atoms with Crippen LogP contribution in [0.1, 0.15) is 15.9 Å². The molecule has 0 unspecified atom stereocenters. The molecule has 0 aliphatic heterocycles. The Hall–Kier alpha value is -2.94. The van der Waals surface area contributed by atoms with Gasteiger partial charge in [-0.2, -0.15) is 0 Å². The standard InChI is InChI=1S/C20H15FO2/c21-17-8-12-19(13-9-17)23-18-10-6-16(7-11-18)20(22)14-15-4-2-1-3-5-15/h1-13H,14H2. The number of ketones is 1. The van der Waals surface area contributed by atoms with Crippen LogP contribution >= 0.6 is 0 Å². The van der Waals surface area contributed by atoms with Crippen molar-refractivity contribution in [2.75, 3.05) is 0 Å². The Balaban J connectivity index is 1.66. The van der Waals surface area contributed by atoms with Crippen LogP contribution < -0.4 is 4.74 Å². The van der Waals surface area contributed by atoms with Crippen LogP contribution in [-0.4, -0.2) is 5.78 Å². The predicted octanol–water partition coefficient (Wildman–Crippen LogP) is 5.04. The number of benzene rings is 3. The van der Waals surface area contributed by atoms with Crippen molar-refractivity contribution in [1.29, 1.82) is 0 Å². The first kappa shape index (κ1) is 15.0. The molecule has 3 aromatic rings. The summed E-state index contributed by atoms with van der Waals surface area (Å²) in [7, 11) is 0. The van der Waals surface area contributed by atoms with Crippen LogP contribution in [0.2, 0.25) is 0 Å². The summed E-state index contributed by atoms with van der Waals surface area (Å²) in [5.74, 6) is 0.909. The first-order valence-corrected chi connectivity index (χ1v) is 7.31. The molecule has 0 saturated carbocycles. The van der Waals surface area contributed by atoms with Crippen LogP contribution in [0.15, 0.2) is 78.9 Å². The summed E-state index contributed by atoms with van der Waals surface area (Å²) in [6, 6.07) is 22.4. The van der Waals surface area contributed by atoms with Gasteiger partial charge in [0.1, 0.15) is 17.3 Å². The van der Waals surface area contributed by atoms with Gasteiger partial charge in [0.2, 0.25) is 0 Å². The lowest BCUT2D eigenvalue weighted by molar-refractivity contribution is 0.0993. The predicted molar refractivity (Wildman–Crippen MR) is 87.4 cm³/mol. The molecule has 0 saturated heterocycles. The third-order valence-electron chi connectivity index (χ3n) is 3.43. The monoisotopic (exact) mass is 306 g/mol. The van der Waals surface area contributed by atoms with Crippen LogP contribution in [-0.2, 0) is 6.42 Å². The molecular weight excluding hydrogens is 291 g/mol. The van der Waals surface area contributed by atoms with E-state index >= 15 is 0 Å². The molecule has 0 atom stereocenters. The molecule has 3 heteroatoms. The molecule has 0 radical (unpaired) electrons. The Labute approximate surface area is 134 Å². The van der Waals surface area contributed by atoms with Crippen LogP contribution in [0.3, 0.4) is 0 Å². The molecular formula is C20H15FO2. The molecule has 0 fully saturated rings. The van der Waals surface area contributed by atoms with E-state index in [-0.39, 0.29) is 11.6 Å². The third-order valence-corrected chi connectivity index (χ3v) is 3.43. The van der Waals surface area contributed by atoms with Crippen molar-refractivity contribution in [1.82, 2.24) is 0 Å². The molecule has 0 aliphatic carbocycles. The quantitative estimate of drug-likeness (QED) is 0.617. The summed E-state index contributed by atoms with van der Waals surface area (Å²) in [5, 5.41) is 0. The third kappa shape index (κ3) is 4.04.